The molecule has 0 aliphatic carbocycles. The lowest BCUT2D eigenvalue weighted by atomic mass is 10.00. The molecule has 15 heteroatoms. The summed E-state index contributed by atoms with van der Waals surface area (Å²) in [6.45, 7) is -0.536. The van der Waals surface area contributed by atoms with Crippen LogP contribution in [0.4, 0.5) is 27.8 Å². The van der Waals surface area contributed by atoms with Crippen molar-refractivity contribution in [3.63, 3.8) is 0 Å². The van der Waals surface area contributed by atoms with Crippen molar-refractivity contribution in [1.29, 1.82) is 0 Å². The fourth-order valence-electron chi connectivity index (χ4n) is 3.68. The lowest BCUT2D eigenvalue weighted by Crippen LogP contribution is -2.43. The lowest BCUT2D eigenvalue weighted by Gasteiger charge is -2.29. The van der Waals surface area contributed by atoms with Crippen LogP contribution < -0.4 is 9.46 Å². The molecule has 0 fully saturated rings. The van der Waals surface area contributed by atoms with E-state index in [9.17, 15) is 35.2 Å². The summed E-state index contributed by atoms with van der Waals surface area (Å²) in [6.07, 6.45) is -4.90. The molecular formula is C23H19F5N4O4S2. The number of aromatic nitrogens is 2. The normalized spacial score (nSPS) is 13.7. The number of ether oxygens (including phenoxy) is 1. The number of benzene rings is 2. The van der Waals surface area contributed by atoms with Gasteiger partial charge in [0.25, 0.3) is 10.0 Å². The molecule has 3 aromatic rings. The Morgan fingerprint density at radius 1 is 1.13 bits per heavy atom. The number of fused-ring (bicyclic) bond motifs is 1. The van der Waals surface area contributed by atoms with Crippen LogP contribution in [0.1, 0.15) is 16.7 Å². The van der Waals surface area contributed by atoms with E-state index in [1.807, 2.05) is 0 Å². The third kappa shape index (κ3) is 6.15. The molecule has 0 spiro atoms. The van der Waals surface area contributed by atoms with E-state index in [1.165, 1.54) is 43.5 Å². The summed E-state index contributed by atoms with van der Waals surface area (Å²) in [5, 5.41) is 0.0115. The largest absolute Gasteiger partial charge is 0.481 e. The zero-order valence-corrected chi connectivity index (χ0v) is 21.2. The summed E-state index contributed by atoms with van der Waals surface area (Å²) >= 11 is 0.912. The van der Waals surface area contributed by atoms with E-state index in [4.69, 9.17) is 4.74 Å². The van der Waals surface area contributed by atoms with E-state index in [-0.39, 0.29) is 51.6 Å². The first-order valence-electron chi connectivity index (χ1n) is 10.9. The lowest BCUT2D eigenvalue weighted by molar-refractivity contribution is -0.186. The molecular weight excluding hydrogens is 555 g/mol. The molecule has 0 radical (unpaired) electrons. The Morgan fingerprint density at radius 2 is 1.89 bits per heavy atom. The first-order chi connectivity index (χ1) is 17.9. The predicted molar refractivity (Wildman–Crippen MR) is 127 cm³/mol. The van der Waals surface area contributed by atoms with Crippen molar-refractivity contribution in [1.82, 2.24) is 14.9 Å². The van der Waals surface area contributed by atoms with Gasteiger partial charge in [0, 0.05) is 30.5 Å². The molecule has 4 rings (SSSR count). The SMILES string of the molecule is COc1cc(NS(=O)(=O)c2ccc3c(c2)CN(C(=O)C(F)(F)F)CC3)nc(SCc2cccc(F)c2F)n1. The molecule has 1 aliphatic rings. The van der Waals surface area contributed by atoms with Crippen LogP contribution in [-0.4, -0.2) is 49.0 Å². The van der Waals surface area contributed by atoms with Crippen LogP contribution in [0.25, 0.3) is 0 Å². The van der Waals surface area contributed by atoms with Gasteiger partial charge in [0.1, 0.15) is 5.82 Å². The first kappa shape index (κ1) is 27.6. The highest BCUT2D eigenvalue weighted by atomic mass is 32.2. The zero-order chi connectivity index (χ0) is 27.7. The highest BCUT2D eigenvalue weighted by Gasteiger charge is 2.43. The topological polar surface area (TPSA) is 101 Å². The van der Waals surface area contributed by atoms with Gasteiger partial charge >= 0.3 is 12.1 Å². The van der Waals surface area contributed by atoms with Gasteiger partial charge in [-0.2, -0.15) is 18.2 Å². The van der Waals surface area contributed by atoms with Crippen LogP contribution in [-0.2, 0) is 33.5 Å². The van der Waals surface area contributed by atoms with Gasteiger partial charge in [0.05, 0.1) is 12.0 Å². The Bertz CT molecular complexity index is 1490. The average molecular weight is 575 g/mol. The molecule has 0 atom stereocenters. The molecule has 1 amide bonds. The maximum absolute atomic E-state index is 14.0. The summed E-state index contributed by atoms with van der Waals surface area (Å²) in [6, 6.07) is 8.88. The summed E-state index contributed by atoms with van der Waals surface area (Å²) in [4.78, 5) is 20.2. The Kier molecular flexibility index (Phi) is 7.78. The number of methoxy groups -OCH3 is 1. The van der Waals surface area contributed by atoms with Crippen LogP contribution in [0.5, 0.6) is 5.88 Å². The van der Waals surface area contributed by atoms with Crippen LogP contribution in [0, 0.1) is 11.6 Å². The molecule has 0 unspecified atom stereocenters. The van der Waals surface area contributed by atoms with Gasteiger partial charge in [-0.3, -0.25) is 9.52 Å². The van der Waals surface area contributed by atoms with E-state index in [1.54, 1.807) is 0 Å². The molecule has 8 nitrogen and oxygen atoms in total. The molecule has 0 saturated carbocycles. The van der Waals surface area contributed by atoms with E-state index < -0.39 is 40.3 Å². The van der Waals surface area contributed by atoms with Gasteiger partial charge in [-0.1, -0.05) is 30.0 Å². The fraction of sp³-hybridized carbons (Fsp3) is 0.261. The third-order valence-electron chi connectivity index (χ3n) is 5.55. The number of thioether (sulfide) groups is 1. The van der Waals surface area contributed by atoms with Crippen LogP contribution in [0.3, 0.4) is 0 Å². The van der Waals surface area contributed by atoms with Gasteiger partial charge in [0.15, 0.2) is 16.8 Å². The van der Waals surface area contributed by atoms with Gasteiger partial charge in [0.2, 0.25) is 5.88 Å². The molecule has 38 heavy (non-hydrogen) atoms. The van der Waals surface area contributed by atoms with Gasteiger partial charge in [-0.15, -0.1) is 0 Å². The number of nitrogens with zero attached hydrogens (tertiary/aromatic N) is 3. The van der Waals surface area contributed by atoms with Gasteiger partial charge in [-0.25, -0.2) is 22.2 Å². The predicted octanol–water partition coefficient (Wildman–Crippen LogP) is 4.30. The minimum Gasteiger partial charge on any atom is -0.481 e. The molecule has 1 aromatic heterocycles. The average Bonchev–Trinajstić information content (AvgIpc) is 2.87. The number of carbonyl (C=O) groups is 1. The van der Waals surface area contributed by atoms with Crippen molar-refractivity contribution >= 4 is 33.5 Å². The maximum Gasteiger partial charge on any atom is 0.471 e. The summed E-state index contributed by atoms with van der Waals surface area (Å²) in [7, 11) is -2.98. The van der Waals surface area contributed by atoms with E-state index in [0.29, 0.717) is 10.5 Å². The quantitative estimate of drug-likeness (QED) is 0.255. The molecule has 1 aliphatic heterocycles. The number of alkyl halides is 3. The van der Waals surface area contributed by atoms with Crippen molar-refractivity contribution in [3.05, 3.63) is 70.8 Å². The number of carbonyl (C=O) groups excluding carboxylic acids is 1. The number of nitrogens with one attached hydrogen (secondary N) is 1. The van der Waals surface area contributed by atoms with Crippen LogP contribution >= 0.6 is 11.8 Å². The Hall–Kier alpha value is -3.46. The molecule has 0 saturated heterocycles. The highest BCUT2D eigenvalue weighted by Crippen LogP contribution is 2.29. The standard InChI is InChI=1S/C23H19F5N4O4S2/c1-36-19-10-18(29-22(30-19)37-12-14-3-2-4-17(24)20(14)25)31-38(34,35)16-6-5-13-7-8-32(11-15(13)9-16)21(33)23(26,27)28/h2-6,9-10H,7-8,11-12H2,1H3,(H,29,30,31). The van der Waals surface area contributed by atoms with Gasteiger partial charge < -0.3 is 9.64 Å². The highest BCUT2D eigenvalue weighted by molar-refractivity contribution is 7.98. The smallest absolute Gasteiger partial charge is 0.471 e. The van der Waals surface area contributed by atoms with E-state index in [2.05, 4.69) is 14.7 Å². The summed E-state index contributed by atoms with van der Waals surface area (Å²) in [5.41, 5.74) is 0.947. The fourth-order valence-corrected chi connectivity index (χ4v) is 5.54. The van der Waals surface area contributed by atoms with Crippen molar-refractivity contribution in [2.24, 2.45) is 0 Å². The summed E-state index contributed by atoms with van der Waals surface area (Å²) in [5.74, 6) is -4.28. The second-order valence-corrected chi connectivity index (χ2v) is 10.7. The van der Waals surface area contributed by atoms with Crippen LogP contribution in [0.2, 0.25) is 0 Å². The number of anilines is 1. The molecule has 2 aromatic carbocycles. The Morgan fingerprint density at radius 3 is 2.61 bits per heavy atom. The van der Waals surface area contributed by atoms with E-state index in [0.717, 1.165) is 17.8 Å². The number of sulfonamides is 1. The second kappa shape index (κ2) is 10.7. The zero-order valence-electron chi connectivity index (χ0n) is 19.6. The van der Waals surface area contributed by atoms with Crippen molar-refractivity contribution < 1.29 is 39.9 Å². The number of hydrogen-bond donors (Lipinski definition) is 1. The monoisotopic (exact) mass is 574 g/mol. The van der Waals surface area contributed by atoms with Crippen LogP contribution in [0.15, 0.2) is 52.5 Å². The van der Waals surface area contributed by atoms with E-state index >= 15 is 0 Å². The number of rotatable bonds is 7. The molecule has 202 valence electrons. The minimum atomic E-state index is -5.04. The number of amides is 1. The Labute approximate surface area is 218 Å². The number of halogens is 5. The maximum atomic E-state index is 14.0. The molecule has 0 bridgehead atoms. The van der Waals surface area contributed by atoms with Crippen molar-refractivity contribution in [2.45, 2.75) is 34.9 Å². The number of hydrogen-bond acceptors (Lipinski definition) is 7. The minimum absolute atomic E-state index is 0.00772. The molecule has 1 N–H and O–H groups in total. The van der Waals surface area contributed by atoms with Crippen molar-refractivity contribution in [3.8, 4) is 5.88 Å². The first-order valence-corrected chi connectivity index (χ1v) is 13.3. The van der Waals surface area contributed by atoms with Crippen molar-refractivity contribution in [2.75, 3.05) is 18.4 Å². The Balaban J connectivity index is 1.55. The van der Waals surface area contributed by atoms with Gasteiger partial charge in [-0.05, 0) is 35.7 Å². The summed E-state index contributed by atoms with van der Waals surface area (Å²) < 4.78 is 99.5. The second-order valence-electron chi connectivity index (χ2n) is 8.09. The molecule has 2 heterocycles. The third-order valence-corrected chi connectivity index (χ3v) is 7.80.